The van der Waals surface area contributed by atoms with Crippen LogP contribution in [0.15, 0.2) is 24.3 Å². The van der Waals surface area contributed by atoms with E-state index in [2.05, 4.69) is 12.2 Å². The average molecular weight is 402 g/mol. The second kappa shape index (κ2) is 9.71. The zero-order valence-corrected chi connectivity index (χ0v) is 17.0. The van der Waals surface area contributed by atoms with E-state index in [-0.39, 0.29) is 28.3 Å². The van der Waals surface area contributed by atoms with Crippen molar-refractivity contribution in [1.82, 2.24) is 10.2 Å². The summed E-state index contributed by atoms with van der Waals surface area (Å²) in [7, 11) is 0. The van der Waals surface area contributed by atoms with Crippen LogP contribution >= 0.6 is 0 Å². The molecule has 2 heterocycles. The van der Waals surface area contributed by atoms with Crippen LogP contribution in [-0.2, 0) is 9.59 Å². The minimum Gasteiger partial charge on any atom is -0.366 e. The van der Waals surface area contributed by atoms with Crippen molar-refractivity contribution >= 4 is 23.2 Å². The van der Waals surface area contributed by atoms with Gasteiger partial charge in [0.2, 0.25) is 11.8 Å². The Kier molecular flexibility index (Phi) is 7.06. The molecular weight excluding hydrogens is 372 g/mol. The molecule has 1 aromatic rings. The molecule has 2 fully saturated rings. The molecule has 3 rings (SSSR count). The molecule has 8 heteroatoms. The number of carbonyl (C=O) groups excluding carboxylic acids is 2. The molecule has 0 radical (unpaired) electrons. The van der Waals surface area contributed by atoms with Gasteiger partial charge in [-0.2, -0.15) is 0 Å². The number of likely N-dealkylation sites (tertiary alicyclic amines) is 1. The first-order chi connectivity index (χ1) is 14.0. The molecule has 29 heavy (non-hydrogen) atoms. The third-order valence-electron chi connectivity index (χ3n) is 5.93. The molecule has 1 N–H and O–H groups in total. The van der Waals surface area contributed by atoms with Crippen LogP contribution in [0.5, 0.6) is 0 Å². The highest BCUT2D eigenvalue weighted by Crippen LogP contribution is 2.31. The minimum atomic E-state index is -0.367. The quantitative estimate of drug-likeness (QED) is 0.583. The van der Waals surface area contributed by atoms with Crippen molar-refractivity contribution in [2.24, 2.45) is 11.8 Å². The van der Waals surface area contributed by atoms with Gasteiger partial charge in [0.1, 0.15) is 5.69 Å². The van der Waals surface area contributed by atoms with Gasteiger partial charge in [0.15, 0.2) is 0 Å². The molecule has 0 aliphatic carbocycles. The van der Waals surface area contributed by atoms with Crippen LogP contribution in [0.3, 0.4) is 0 Å². The van der Waals surface area contributed by atoms with Crippen molar-refractivity contribution in [2.45, 2.75) is 39.0 Å². The molecule has 0 spiro atoms. The molecule has 2 aliphatic rings. The zero-order chi connectivity index (χ0) is 20.8. The summed E-state index contributed by atoms with van der Waals surface area (Å²) in [5, 5.41) is 14.1. The summed E-state index contributed by atoms with van der Waals surface area (Å²) in [6.45, 7) is 5.38. The lowest BCUT2D eigenvalue weighted by Crippen LogP contribution is -2.43. The van der Waals surface area contributed by atoms with Gasteiger partial charge in [-0.15, -0.1) is 0 Å². The van der Waals surface area contributed by atoms with E-state index in [4.69, 9.17) is 0 Å². The standard InChI is InChI=1S/C21H30N4O4/c1-16-5-4-12-24(15-16)20(26)8-11-22-21(27)17-9-13-23(14-10-17)18-6-2-3-7-19(18)25(28)29/h2-3,6-7,16-17H,4-5,8-15H2,1H3,(H,22,27). The highest BCUT2D eigenvalue weighted by Gasteiger charge is 2.28. The van der Waals surface area contributed by atoms with E-state index in [9.17, 15) is 19.7 Å². The topological polar surface area (TPSA) is 95.8 Å². The van der Waals surface area contributed by atoms with Gasteiger partial charge in [-0.05, 0) is 37.7 Å². The van der Waals surface area contributed by atoms with Crippen LogP contribution in [0, 0.1) is 22.0 Å². The molecule has 158 valence electrons. The second-order valence-electron chi connectivity index (χ2n) is 8.14. The molecule has 2 saturated heterocycles. The number of para-hydroxylation sites is 2. The zero-order valence-electron chi connectivity index (χ0n) is 17.0. The molecule has 0 saturated carbocycles. The van der Waals surface area contributed by atoms with Gasteiger partial charge in [-0.3, -0.25) is 19.7 Å². The Bertz CT molecular complexity index is 746. The number of hydrogen-bond acceptors (Lipinski definition) is 5. The van der Waals surface area contributed by atoms with E-state index in [0.717, 1.165) is 19.5 Å². The van der Waals surface area contributed by atoms with Crippen molar-refractivity contribution in [2.75, 3.05) is 37.6 Å². The number of piperidine rings is 2. The van der Waals surface area contributed by atoms with Gasteiger partial charge in [0, 0.05) is 51.1 Å². The molecule has 1 atom stereocenters. The monoisotopic (exact) mass is 402 g/mol. The fraction of sp³-hybridized carbons (Fsp3) is 0.619. The van der Waals surface area contributed by atoms with Crippen molar-refractivity contribution in [1.29, 1.82) is 0 Å². The third-order valence-corrected chi connectivity index (χ3v) is 5.93. The first-order valence-electron chi connectivity index (χ1n) is 10.5. The lowest BCUT2D eigenvalue weighted by Gasteiger charge is -2.33. The number of hydrogen-bond donors (Lipinski definition) is 1. The Balaban J connectivity index is 1.42. The summed E-state index contributed by atoms with van der Waals surface area (Å²) in [5.41, 5.74) is 0.707. The van der Waals surface area contributed by atoms with E-state index in [1.54, 1.807) is 18.2 Å². The maximum absolute atomic E-state index is 12.5. The van der Waals surface area contributed by atoms with E-state index in [0.29, 0.717) is 50.5 Å². The maximum atomic E-state index is 12.5. The largest absolute Gasteiger partial charge is 0.366 e. The predicted molar refractivity (Wildman–Crippen MR) is 111 cm³/mol. The number of nitro benzene ring substituents is 1. The van der Waals surface area contributed by atoms with Crippen LogP contribution in [0.4, 0.5) is 11.4 Å². The van der Waals surface area contributed by atoms with Crippen molar-refractivity contribution < 1.29 is 14.5 Å². The summed E-state index contributed by atoms with van der Waals surface area (Å²) in [4.78, 5) is 39.5. The summed E-state index contributed by atoms with van der Waals surface area (Å²) in [6.07, 6.45) is 3.86. The number of rotatable bonds is 6. The number of benzene rings is 1. The van der Waals surface area contributed by atoms with Gasteiger partial charge < -0.3 is 15.1 Å². The van der Waals surface area contributed by atoms with E-state index in [1.165, 1.54) is 12.5 Å². The van der Waals surface area contributed by atoms with Gasteiger partial charge in [-0.25, -0.2) is 0 Å². The molecule has 1 unspecified atom stereocenters. The molecule has 2 aliphatic heterocycles. The van der Waals surface area contributed by atoms with E-state index < -0.39 is 0 Å². The molecule has 0 bridgehead atoms. The first kappa shape index (κ1) is 21.1. The summed E-state index contributed by atoms with van der Waals surface area (Å²) in [6, 6.07) is 6.72. The molecular formula is C21H30N4O4. The SMILES string of the molecule is CC1CCCN(C(=O)CCNC(=O)C2CCN(c3ccccc3[N+](=O)[O-])CC2)C1. The van der Waals surface area contributed by atoms with Gasteiger partial charge in [0.25, 0.3) is 5.69 Å². The number of nitrogens with zero attached hydrogens (tertiary/aromatic N) is 3. The van der Waals surface area contributed by atoms with Gasteiger partial charge in [-0.1, -0.05) is 19.1 Å². The Hall–Kier alpha value is -2.64. The number of amides is 2. The maximum Gasteiger partial charge on any atom is 0.292 e. The normalized spacial score (nSPS) is 20.4. The van der Waals surface area contributed by atoms with E-state index >= 15 is 0 Å². The lowest BCUT2D eigenvalue weighted by molar-refractivity contribution is -0.384. The molecule has 1 aromatic carbocycles. The highest BCUT2D eigenvalue weighted by atomic mass is 16.6. The van der Waals surface area contributed by atoms with Crippen molar-refractivity contribution in [3.63, 3.8) is 0 Å². The average Bonchev–Trinajstić information content (AvgIpc) is 2.73. The second-order valence-corrected chi connectivity index (χ2v) is 8.14. The van der Waals surface area contributed by atoms with E-state index in [1.807, 2.05) is 9.80 Å². The van der Waals surface area contributed by atoms with Crippen molar-refractivity contribution in [3.8, 4) is 0 Å². The van der Waals surface area contributed by atoms with Crippen LogP contribution < -0.4 is 10.2 Å². The summed E-state index contributed by atoms with van der Waals surface area (Å²) in [5.74, 6) is 0.530. The summed E-state index contributed by atoms with van der Waals surface area (Å²) >= 11 is 0. The number of nitrogens with one attached hydrogen (secondary N) is 1. The molecule has 0 aromatic heterocycles. The van der Waals surface area contributed by atoms with Gasteiger partial charge in [0.05, 0.1) is 4.92 Å². The molecule has 8 nitrogen and oxygen atoms in total. The Morgan fingerprint density at radius 2 is 1.90 bits per heavy atom. The lowest BCUT2D eigenvalue weighted by atomic mass is 9.95. The fourth-order valence-electron chi connectivity index (χ4n) is 4.28. The number of carbonyl (C=O) groups is 2. The van der Waals surface area contributed by atoms with Crippen molar-refractivity contribution in [3.05, 3.63) is 34.4 Å². The smallest absolute Gasteiger partial charge is 0.292 e. The predicted octanol–water partition coefficient (Wildman–Crippen LogP) is 2.58. The van der Waals surface area contributed by atoms with Crippen LogP contribution in [0.2, 0.25) is 0 Å². The number of nitro groups is 1. The highest BCUT2D eigenvalue weighted by molar-refractivity contribution is 5.81. The van der Waals surface area contributed by atoms with Crippen LogP contribution in [0.25, 0.3) is 0 Å². The fourth-order valence-corrected chi connectivity index (χ4v) is 4.28. The Labute approximate surface area is 171 Å². The Morgan fingerprint density at radius 1 is 1.17 bits per heavy atom. The molecule has 2 amide bonds. The first-order valence-corrected chi connectivity index (χ1v) is 10.5. The number of anilines is 1. The van der Waals surface area contributed by atoms with Gasteiger partial charge >= 0.3 is 0 Å². The van der Waals surface area contributed by atoms with Crippen LogP contribution in [-0.4, -0.2) is 54.4 Å². The minimum absolute atomic E-state index is 0.0213. The Morgan fingerprint density at radius 3 is 2.59 bits per heavy atom. The third kappa shape index (κ3) is 5.46. The van der Waals surface area contributed by atoms with Crippen LogP contribution in [0.1, 0.15) is 39.0 Å². The summed E-state index contributed by atoms with van der Waals surface area (Å²) < 4.78 is 0.